The van der Waals surface area contributed by atoms with Crippen LogP contribution in [0.1, 0.15) is 0 Å². The molecule has 0 spiro atoms. The molecule has 0 aliphatic rings. The lowest BCUT2D eigenvalue weighted by molar-refractivity contribution is 0.372. The highest BCUT2D eigenvalue weighted by molar-refractivity contribution is 14.2. The second kappa shape index (κ2) is 5.33. The number of nitriles is 1. The Morgan fingerprint density at radius 3 is 3.06 bits per heavy atom. The minimum Gasteiger partial charge on any atom is -0.478 e. The SMILES string of the molecule is N#CCOc1cc(Cl)c(F)c2c1ccn2SI. The van der Waals surface area contributed by atoms with Crippen molar-refractivity contribution in [2.75, 3.05) is 6.61 Å². The van der Waals surface area contributed by atoms with E-state index in [1.807, 2.05) is 27.3 Å². The third kappa shape index (κ3) is 2.32. The summed E-state index contributed by atoms with van der Waals surface area (Å²) in [6.07, 6.45) is 1.72. The Bertz CT molecular complexity index is 610. The summed E-state index contributed by atoms with van der Waals surface area (Å²) in [4.78, 5) is 0. The van der Waals surface area contributed by atoms with E-state index in [2.05, 4.69) is 0 Å². The van der Waals surface area contributed by atoms with Crippen LogP contribution in [0.15, 0.2) is 18.3 Å². The number of aromatic nitrogens is 1. The van der Waals surface area contributed by atoms with Gasteiger partial charge in [0, 0.05) is 48.0 Å². The Balaban J connectivity index is 2.66. The highest BCUT2D eigenvalue weighted by Gasteiger charge is 2.15. The lowest BCUT2D eigenvalue weighted by atomic mass is 10.2. The van der Waals surface area contributed by atoms with Gasteiger partial charge in [-0.25, -0.2) is 4.39 Å². The molecule has 3 nitrogen and oxygen atoms in total. The Hall–Kier alpha value is -0.650. The normalized spacial score (nSPS) is 10.5. The number of nitrogens with zero attached hydrogens (tertiary/aromatic N) is 2. The molecule has 1 aromatic heterocycles. The van der Waals surface area contributed by atoms with Gasteiger partial charge in [-0.3, -0.25) is 3.97 Å². The van der Waals surface area contributed by atoms with Crippen molar-refractivity contribution < 1.29 is 9.13 Å². The summed E-state index contributed by atoms with van der Waals surface area (Å²) in [6.45, 7) is -0.0976. The van der Waals surface area contributed by atoms with Crippen molar-refractivity contribution in [3.05, 3.63) is 29.2 Å². The number of ether oxygens (including phenoxy) is 1. The van der Waals surface area contributed by atoms with E-state index in [1.54, 1.807) is 16.2 Å². The highest BCUT2D eigenvalue weighted by atomic mass is 127. The lowest BCUT2D eigenvalue weighted by Gasteiger charge is -2.07. The van der Waals surface area contributed by atoms with Crippen molar-refractivity contribution in [3.8, 4) is 11.8 Å². The number of hydrogen-bond acceptors (Lipinski definition) is 3. The fraction of sp³-hybridized carbons (Fsp3) is 0.100. The van der Waals surface area contributed by atoms with Crippen LogP contribution in [-0.2, 0) is 0 Å². The molecule has 0 amide bonds. The van der Waals surface area contributed by atoms with E-state index in [1.165, 1.54) is 15.2 Å². The van der Waals surface area contributed by atoms with Gasteiger partial charge in [0.1, 0.15) is 17.3 Å². The average Bonchev–Trinajstić information content (AvgIpc) is 2.76. The monoisotopic (exact) mass is 382 g/mol. The Morgan fingerprint density at radius 1 is 1.65 bits per heavy atom. The second-order valence-electron chi connectivity index (χ2n) is 3.09. The molecule has 17 heavy (non-hydrogen) atoms. The molecule has 1 aromatic carbocycles. The number of hydrogen-bond donors (Lipinski definition) is 0. The highest BCUT2D eigenvalue weighted by Crippen LogP contribution is 2.36. The van der Waals surface area contributed by atoms with E-state index in [9.17, 15) is 4.39 Å². The molecule has 0 unspecified atom stereocenters. The summed E-state index contributed by atoms with van der Waals surface area (Å²) in [5.41, 5.74) is 0.366. The first kappa shape index (κ1) is 12.8. The molecule has 0 saturated carbocycles. The Kier molecular flexibility index (Phi) is 4.01. The Morgan fingerprint density at radius 2 is 2.41 bits per heavy atom. The summed E-state index contributed by atoms with van der Waals surface area (Å²) >= 11 is 7.84. The van der Waals surface area contributed by atoms with E-state index >= 15 is 0 Å². The molecular weight excluding hydrogens is 378 g/mol. The van der Waals surface area contributed by atoms with Crippen molar-refractivity contribution in [1.82, 2.24) is 3.97 Å². The van der Waals surface area contributed by atoms with Gasteiger partial charge < -0.3 is 4.74 Å². The van der Waals surface area contributed by atoms with Gasteiger partial charge in [0.25, 0.3) is 0 Å². The molecular formula is C10H5ClFIN2OS. The predicted molar refractivity (Wildman–Crippen MR) is 75.0 cm³/mol. The van der Waals surface area contributed by atoms with Gasteiger partial charge in [-0.15, -0.1) is 0 Å². The number of halogens is 3. The van der Waals surface area contributed by atoms with Crippen molar-refractivity contribution in [2.24, 2.45) is 0 Å². The van der Waals surface area contributed by atoms with Crippen molar-refractivity contribution in [1.29, 1.82) is 5.26 Å². The van der Waals surface area contributed by atoms with Gasteiger partial charge in [-0.2, -0.15) is 5.26 Å². The minimum absolute atomic E-state index is 0.0177. The molecule has 1 heterocycles. The molecule has 2 aromatic rings. The zero-order valence-electron chi connectivity index (χ0n) is 8.28. The smallest absolute Gasteiger partial charge is 0.174 e. The van der Waals surface area contributed by atoms with Crippen LogP contribution in [0.4, 0.5) is 4.39 Å². The van der Waals surface area contributed by atoms with Crippen LogP contribution in [-0.4, -0.2) is 10.6 Å². The van der Waals surface area contributed by atoms with Gasteiger partial charge in [0.05, 0.1) is 5.02 Å². The maximum absolute atomic E-state index is 13.9. The van der Waals surface area contributed by atoms with E-state index in [4.69, 9.17) is 21.6 Å². The summed E-state index contributed by atoms with van der Waals surface area (Å²) in [6, 6.07) is 4.98. The molecule has 7 heteroatoms. The van der Waals surface area contributed by atoms with Crippen LogP contribution in [0.3, 0.4) is 0 Å². The molecule has 0 fully saturated rings. The van der Waals surface area contributed by atoms with E-state index in [-0.39, 0.29) is 11.6 Å². The fourth-order valence-electron chi connectivity index (χ4n) is 1.48. The summed E-state index contributed by atoms with van der Waals surface area (Å²) in [5, 5.41) is 9.07. The quantitative estimate of drug-likeness (QED) is 0.747. The summed E-state index contributed by atoms with van der Waals surface area (Å²) in [7, 11) is 1.33. The maximum Gasteiger partial charge on any atom is 0.174 e. The third-order valence-corrected chi connectivity index (χ3v) is 4.16. The van der Waals surface area contributed by atoms with Gasteiger partial charge in [-0.1, -0.05) is 11.6 Å². The molecule has 0 saturated heterocycles. The van der Waals surface area contributed by atoms with Crippen LogP contribution < -0.4 is 4.74 Å². The largest absolute Gasteiger partial charge is 0.478 e. The van der Waals surface area contributed by atoms with Gasteiger partial charge >= 0.3 is 0 Å². The zero-order valence-corrected chi connectivity index (χ0v) is 12.0. The van der Waals surface area contributed by atoms with Crippen LogP contribution in [0.25, 0.3) is 10.9 Å². The molecule has 0 N–H and O–H groups in total. The molecule has 0 aliphatic carbocycles. The van der Waals surface area contributed by atoms with Crippen molar-refractivity contribution in [2.45, 2.75) is 0 Å². The number of rotatable bonds is 3. The molecule has 0 bridgehead atoms. The molecule has 0 radical (unpaired) electrons. The predicted octanol–water partition coefficient (Wildman–Crippen LogP) is 4.18. The number of benzene rings is 1. The third-order valence-electron chi connectivity index (χ3n) is 2.16. The second-order valence-corrected chi connectivity index (χ2v) is 5.21. The van der Waals surface area contributed by atoms with Gasteiger partial charge in [0.2, 0.25) is 0 Å². The summed E-state index contributed by atoms with van der Waals surface area (Å²) in [5.74, 6) is -0.0720. The van der Waals surface area contributed by atoms with Crippen molar-refractivity contribution >= 4 is 52.8 Å². The Labute approximate surface area is 118 Å². The fourth-order valence-corrected chi connectivity index (χ4v) is 3.01. The standard InChI is InChI=1S/C10H5ClFIN2OS/c11-7-5-8(16-4-2-14)6-1-3-15(17-13)10(6)9(7)12/h1,3,5H,4H2. The van der Waals surface area contributed by atoms with E-state index < -0.39 is 5.82 Å². The van der Waals surface area contributed by atoms with Crippen molar-refractivity contribution in [3.63, 3.8) is 0 Å². The number of fused-ring (bicyclic) bond motifs is 1. The molecule has 88 valence electrons. The van der Waals surface area contributed by atoms with Crippen LogP contribution in [0.5, 0.6) is 5.75 Å². The maximum atomic E-state index is 13.9. The topological polar surface area (TPSA) is 37.9 Å². The van der Waals surface area contributed by atoms with Gasteiger partial charge in [-0.05, 0) is 6.07 Å². The first-order valence-corrected chi connectivity index (χ1v) is 8.16. The van der Waals surface area contributed by atoms with Crippen LogP contribution in [0, 0.1) is 17.1 Å². The lowest BCUT2D eigenvalue weighted by Crippen LogP contribution is -1.96. The molecule has 2 rings (SSSR count). The van der Waals surface area contributed by atoms with Crippen LogP contribution >= 0.6 is 41.9 Å². The molecule has 0 aliphatic heterocycles. The molecule has 0 atom stereocenters. The van der Waals surface area contributed by atoms with E-state index in [0.29, 0.717) is 16.7 Å². The van der Waals surface area contributed by atoms with Crippen LogP contribution in [0.2, 0.25) is 5.02 Å². The average molecular weight is 383 g/mol. The van der Waals surface area contributed by atoms with Gasteiger partial charge in [0.15, 0.2) is 12.4 Å². The summed E-state index contributed by atoms with van der Waals surface area (Å²) < 4.78 is 20.8. The zero-order chi connectivity index (χ0) is 12.4. The van der Waals surface area contributed by atoms with E-state index in [0.717, 1.165) is 0 Å². The minimum atomic E-state index is -0.486. The first-order valence-electron chi connectivity index (χ1n) is 4.47. The first-order chi connectivity index (χ1) is 8.19.